The second-order valence-corrected chi connectivity index (χ2v) is 3.97. The van der Waals surface area contributed by atoms with Crippen molar-refractivity contribution in [3.8, 4) is 0 Å². The van der Waals surface area contributed by atoms with Crippen LogP contribution < -0.4 is 5.73 Å². The number of nitrogens with one attached hydrogen (secondary N) is 1. The van der Waals surface area contributed by atoms with Gasteiger partial charge in [0.2, 0.25) is 0 Å². The molecule has 0 aromatic carbocycles. The zero-order valence-electron chi connectivity index (χ0n) is 9.51. The van der Waals surface area contributed by atoms with E-state index in [0.717, 1.165) is 18.5 Å². The molecule has 0 amide bonds. The van der Waals surface area contributed by atoms with E-state index < -0.39 is 0 Å². The summed E-state index contributed by atoms with van der Waals surface area (Å²) < 4.78 is 0. The van der Waals surface area contributed by atoms with Gasteiger partial charge in [0, 0.05) is 11.1 Å². The predicted octanol–water partition coefficient (Wildman–Crippen LogP) is 3.11. The Morgan fingerprint density at radius 3 is 2.57 bits per heavy atom. The highest BCUT2D eigenvalue weighted by Crippen LogP contribution is 2.37. The molecule has 0 heterocycles. The molecule has 0 aliphatic carbocycles. The summed E-state index contributed by atoms with van der Waals surface area (Å²) >= 11 is 0. The van der Waals surface area contributed by atoms with Crippen molar-refractivity contribution in [1.82, 2.24) is 0 Å². The third kappa shape index (κ3) is 2.72. The highest BCUT2D eigenvalue weighted by molar-refractivity contribution is 5.53. The summed E-state index contributed by atoms with van der Waals surface area (Å²) in [7, 11) is 0. The summed E-state index contributed by atoms with van der Waals surface area (Å²) in [6, 6.07) is 0. The van der Waals surface area contributed by atoms with Gasteiger partial charge in [-0.15, -0.1) is 0 Å². The molecule has 14 heavy (non-hydrogen) atoms. The van der Waals surface area contributed by atoms with Gasteiger partial charge in [0.1, 0.15) is 0 Å². The number of hydrogen-bond donors (Lipinski definition) is 2. The summed E-state index contributed by atoms with van der Waals surface area (Å²) in [5, 5.41) is 7.13. The van der Waals surface area contributed by atoms with E-state index in [1.54, 1.807) is 6.08 Å². The first-order valence-corrected chi connectivity index (χ1v) is 5.10. The van der Waals surface area contributed by atoms with Crippen LogP contribution in [0.2, 0.25) is 0 Å². The van der Waals surface area contributed by atoms with Crippen molar-refractivity contribution in [2.45, 2.75) is 33.6 Å². The fraction of sp³-hybridized carbons (Fsp3) is 0.583. The lowest BCUT2D eigenvalue weighted by molar-refractivity contribution is 0.251. The highest BCUT2D eigenvalue weighted by atomic mass is 14.6. The molecular formula is C12H22N2. The van der Waals surface area contributed by atoms with E-state index >= 15 is 0 Å². The first kappa shape index (κ1) is 12.9. The van der Waals surface area contributed by atoms with Gasteiger partial charge in [0.15, 0.2) is 0 Å². The van der Waals surface area contributed by atoms with Gasteiger partial charge in [-0.25, -0.2) is 0 Å². The fourth-order valence-electron chi connectivity index (χ4n) is 1.59. The van der Waals surface area contributed by atoms with Crippen LogP contribution in [0.15, 0.2) is 24.4 Å². The Kier molecular flexibility index (Phi) is 5.21. The van der Waals surface area contributed by atoms with E-state index in [1.807, 2.05) is 6.08 Å². The van der Waals surface area contributed by atoms with Crippen LogP contribution in [0, 0.1) is 16.7 Å². The average molecular weight is 194 g/mol. The average Bonchev–Trinajstić information content (AvgIpc) is 2.17. The minimum absolute atomic E-state index is 0.0221. The van der Waals surface area contributed by atoms with Gasteiger partial charge in [-0.3, -0.25) is 0 Å². The molecule has 0 saturated heterocycles. The zero-order valence-corrected chi connectivity index (χ0v) is 9.51. The van der Waals surface area contributed by atoms with Gasteiger partial charge in [0.05, 0.1) is 0 Å². The van der Waals surface area contributed by atoms with Crippen molar-refractivity contribution in [2.24, 2.45) is 17.1 Å². The Hall–Kier alpha value is -1.05. The Labute approximate surface area is 87.4 Å². The van der Waals surface area contributed by atoms with Gasteiger partial charge in [-0.05, 0) is 31.1 Å². The second kappa shape index (κ2) is 5.63. The smallest absolute Gasteiger partial charge is 0.0143 e. The minimum atomic E-state index is -0.0221. The van der Waals surface area contributed by atoms with Crippen LogP contribution in [-0.4, -0.2) is 6.21 Å². The van der Waals surface area contributed by atoms with Gasteiger partial charge in [-0.2, -0.15) is 0 Å². The van der Waals surface area contributed by atoms with Crippen molar-refractivity contribution in [2.75, 3.05) is 0 Å². The SMILES string of the molecule is C=CC=C(N)C(C)(CC)[C@H](C)CC=N. The summed E-state index contributed by atoms with van der Waals surface area (Å²) in [5.41, 5.74) is 6.86. The predicted molar refractivity (Wildman–Crippen MR) is 63.4 cm³/mol. The second-order valence-electron chi connectivity index (χ2n) is 3.97. The molecule has 3 N–H and O–H groups in total. The van der Waals surface area contributed by atoms with Crippen LogP contribution in [0.25, 0.3) is 0 Å². The lowest BCUT2D eigenvalue weighted by atomic mass is 9.72. The molecule has 0 radical (unpaired) electrons. The molecule has 2 atom stereocenters. The van der Waals surface area contributed by atoms with Crippen LogP contribution in [-0.2, 0) is 0 Å². The number of nitrogens with two attached hydrogens (primary N) is 1. The quantitative estimate of drug-likeness (QED) is 0.495. The van der Waals surface area contributed by atoms with Crippen molar-refractivity contribution >= 4 is 6.21 Å². The van der Waals surface area contributed by atoms with E-state index in [1.165, 1.54) is 6.21 Å². The molecule has 0 spiro atoms. The summed E-state index contributed by atoms with van der Waals surface area (Å²) in [6.45, 7) is 10.1. The molecule has 0 rings (SSSR count). The molecule has 0 aliphatic rings. The lowest BCUT2D eigenvalue weighted by Gasteiger charge is -2.34. The maximum atomic E-state index is 7.13. The maximum absolute atomic E-state index is 7.13. The summed E-state index contributed by atoms with van der Waals surface area (Å²) in [5.74, 6) is 0.390. The van der Waals surface area contributed by atoms with E-state index in [9.17, 15) is 0 Å². The minimum Gasteiger partial charge on any atom is -0.402 e. The van der Waals surface area contributed by atoms with E-state index in [2.05, 4.69) is 27.4 Å². The van der Waals surface area contributed by atoms with Crippen molar-refractivity contribution < 1.29 is 0 Å². The Morgan fingerprint density at radius 2 is 2.21 bits per heavy atom. The molecule has 0 aromatic heterocycles. The Morgan fingerprint density at radius 1 is 1.64 bits per heavy atom. The first-order chi connectivity index (χ1) is 6.52. The topological polar surface area (TPSA) is 49.9 Å². The number of hydrogen-bond acceptors (Lipinski definition) is 2. The van der Waals surface area contributed by atoms with Crippen molar-refractivity contribution in [3.05, 3.63) is 24.4 Å². The molecule has 0 bridgehead atoms. The zero-order chi connectivity index (χ0) is 11.2. The molecule has 0 aliphatic heterocycles. The fourth-order valence-corrected chi connectivity index (χ4v) is 1.59. The van der Waals surface area contributed by atoms with Crippen molar-refractivity contribution in [1.29, 1.82) is 5.41 Å². The van der Waals surface area contributed by atoms with Crippen LogP contribution in [0.3, 0.4) is 0 Å². The molecule has 0 fully saturated rings. The third-order valence-corrected chi connectivity index (χ3v) is 3.25. The van der Waals surface area contributed by atoms with Crippen molar-refractivity contribution in [3.63, 3.8) is 0 Å². The summed E-state index contributed by atoms with van der Waals surface area (Å²) in [6.07, 6.45) is 6.80. The standard InChI is InChI=1S/C12H22N2/c1-5-7-11(14)12(4,6-2)10(3)8-9-13/h5,7,9-10,13H,1,6,8,14H2,2-4H3/t10-,12?/m1/s1. The molecular weight excluding hydrogens is 172 g/mol. The normalized spacial score (nSPS) is 18.4. The third-order valence-electron chi connectivity index (χ3n) is 3.25. The van der Waals surface area contributed by atoms with Gasteiger partial charge < -0.3 is 11.1 Å². The largest absolute Gasteiger partial charge is 0.402 e. The molecule has 1 unspecified atom stereocenters. The first-order valence-electron chi connectivity index (χ1n) is 5.10. The number of allylic oxidation sites excluding steroid dienone is 3. The molecule has 0 saturated carbocycles. The van der Waals surface area contributed by atoms with Crippen LogP contribution in [0.4, 0.5) is 0 Å². The highest BCUT2D eigenvalue weighted by Gasteiger charge is 2.30. The van der Waals surface area contributed by atoms with Crippen LogP contribution >= 0.6 is 0 Å². The van der Waals surface area contributed by atoms with Gasteiger partial charge in [0.25, 0.3) is 0 Å². The van der Waals surface area contributed by atoms with E-state index in [4.69, 9.17) is 11.1 Å². The van der Waals surface area contributed by atoms with Crippen LogP contribution in [0.1, 0.15) is 33.6 Å². The van der Waals surface area contributed by atoms with E-state index in [0.29, 0.717) is 5.92 Å². The molecule has 0 aromatic rings. The van der Waals surface area contributed by atoms with Gasteiger partial charge >= 0.3 is 0 Å². The Balaban J connectivity index is 4.85. The van der Waals surface area contributed by atoms with E-state index in [-0.39, 0.29) is 5.41 Å². The lowest BCUT2D eigenvalue weighted by Crippen LogP contribution is -2.31. The number of rotatable bonds is 6. The molecule has 2 nitrogen and oxygen atoms in total. The Bertz CT molecular complexity index is 230. The molecule has 2 heteroatoms. The maximum Gasteiger partial charge on any atom is 0.0143 e. The monoisotopic (exact) mass is 194 g/mol. The van der Waals surface area contributed by atoms with Gasteiger partial charge in [-0.1, -0.05) is 33.4 Å². The summed E-state index contributed by atoms with van der Waals surface area (Å²) in [4.78, 5) is 0. The molecule has 80 valence electrons. The van der Waals surface area contributed by atoms with Crippen LogP contribution in [0.5, 0.6) is 0 Å².